The molecule has 1 fully saturated rings. The third-order valence-corrected chi connectivity index (χ3v) is 5.37. The van der Waals surface area contributed by atoms with Gasteiger partial charge >= 0.3 is 0 Å². The second-order valence-corrected chi connectivity index (χ2v) is 8.15. The van der Waals surface area contributed by atoms with E-state index >= 15 is 0 Å². The van der Waals surface area contributed by atoms with Crippen LogP contribution in [0.5, 0.6) is 5.75 Å². The maximum atomic E-state index is 6.02. The molecule has 3 heterocycles. The Morgan fingerprint density at radius 3 is 2.70 bits per heavy atom. The third-order valence-electron chi connectivity index (χ3n) is 5.37. The molecule has 174 valence electrons. The van der Waals surface area contributed by atoms with Crippen LogP contribution < -0.4 is 10.1 Å². The quantitative estimate of drug-likeness (QED) is 0.494. The topological polar surface area (TPSA) is 81.6 Å². The number of morpholine rings is 1. The standard InChI is InChI=1S/C25H31N5O3/c1-18-13-19(2)28-25(27-18)29-21-7-8-23(26-15-21)24-17-30(9-10-33-24)16-20-5-4-6-22(14-20)32-12-11-31-3/h4-8,13-15,24H,9-12,16-17H2,1-3H3,(H,27,28,29)/t24-/m1/s1. The normalized spacial score (nSPS) is 16.5. The first kappa shape index (κ1) is 23.1. The molecule has 8 heteroatoms. The first-order valence-corrected chi connectivity index (χ1v) is 11.2. The lowest BCUT2D eigenvalue weighted by molar-refractivity contribution is -0.0349. The number of methoxy groups -OCH3 is 1. The van der Waals surface area contributed by atoms with Crippen molar-refractivity contribution >= 4 is 11.6 Å². The Kier molecular flexibility index (Phi) is 7.83. The highest BCUT2D eigenvalue weighted by Gasteiger charge is 2.23. The molecule has 2 aromatic heterocycles. The number of anilines is 2. The van der Waals surface area contributed by atoms with Crippen molar-refractivity contribution in [1.29, 1.82) is 0 Å². The zero-order valence-electron chi connectivity index (χ0n) is 19.5. The maximum Gasteiger partial charge on any atom is 0.227 e. The highest BCUT2D eigenvalue weighted by atomic mass is 16.5. The van der Waals surface area contributed by atoms with Gasteiger partial charge in [0.15, 0.2) is 0 Å². The van der Waals surface area contributed by atoms with Gasteiger partial charge in [0.05, 0.1) is 30.8 Å². The van der Waals surface area contributed by atoms with Gasteiger partial charge in [0.1, 0.15) is 18.5 Å². The number of pyridine rings is 1. The lowest BCUT2D eigenvalue weighted by Gasteiger charge is -2.32. The molecule has 4 rings (SSSR count). The van der Waals surface area contributed by atoms with Gasteiger partial charge in [-0.15, -0.1) is 0 Å². The average Bonchev–Trinajstić information content (AvgIpc) is 2.80. The second-order valence-electron chi connectivity index (χ2n) is 8.15. The number of nitrogens with one attached hydrogen (secondary N) is 1. The second kappa shape index (κ2) is 11.2. The molecule has 1 saturated heterocycles. The summed E-state index contributed by atoms with van der Waals surface area (Å²) in [5.74, 6) is 1.45. The van der Waals surface area contributed by atoms with E-state index in [1.54, 1.807) is 13.3 Å². The van der Waals surface area contributed by atoms with Crippen molar-refractivity contribution in [2.45, 2.75) is 26.5 Å². The van der Waals surface area contributed by atoms with E-state index in [0.29, 0.717) is 25.8 Å². The zero-order chi connectivity index (χ0) is 23.0. The van der Waals surface area contributed by atoms with Crippen LogP contribution in [-0.4, -0.2) is 59.9 Å². The van der Waals surface area contributed by atoms with Crippen LogP contribution in [0.15, 0.2) is 48.7 Å². The smallest absolute Gasteiger partial charge is 0.227 e. The predicted octanol–water partition coefficient (Wildman–Crippen LogP) is 3.83. The molecule has 0 bridgehead atoms. The van der Waals surface area contributed by atoms with E-state index in [1.807, 2.05) is 44.2 Å². The van der Waals surface area contributed by atoms with Crippen molar-refractivity contribution in [3.05, 3.63) is 71.3 Å². The highest BCUT2D eigenvalue weighted by molar-refractivity contribution is 5.52. The van der Waals surface area contributed by atoms with E-state index in [0.717, 1.165) is 48.2 Å². The Hall–Kier alpha value is -3.07. The van der Waals surface area contributed by atoms with E-state index < -0.39 is 0 Å². The van der Waals surface area contributed by atoms with Crippen LogP contribution in [0, 0.1) is 13.8 Å². The molecule has 0 aliphatic carbocycles. The van der Waals surface area contributed by atoms with E-state index in [4.69, 9.17) is 14.2 Å². The van der Waals surface area contributed by atoms with Gasteiger partial charge in [-0.05, 0) is 49.7 Å². The van der Waals surface area contributed by atoms with Gasteiger partial charge in [0.25, 0.3) is 0 Å². The Bertz CT molecular complexity index is 1020. The summed E-state index contributed by atoms with van der Waals surface area (Å²) in [4.78, 5) is 15.9. The third kappa shape index (κ3) is 6.71. The average molecular weight is 450 g/mol. The first-order valence-electron chi connectivity index (χ1n) is 11.2. The first-order chi connectivity index (χ1) is 16.1. The molecular weight excluding hydrogens is 418 g/mol. The number of hydrogen-bond donors (Lipinski definition) is 1. The molecule has 33 heavy (non-hydrogen) atoms. The van der Waals surface area contributed by atoms with Gasteiger partial charge < -0.3 is 19.5 Å². The Morgan fingerprint density at radius 2 is 1.94 bits per heavy atom. The largest absolute Gasteiger partial charge is 0.491 e. The fourth-order valence-electron chi connectivity index (χ4n) is 3.84. The molecule has 0 amide bonds. The minimum absolute atomic E-state index is 0.0635. The molecule has 0 unspecified atom stereocenters. The lowest BCUT2D eigenvalue weighted by Crippen LogP contribution is -2.38. The van der Waals surface area contributed by atoms with Crippen molar-refractivity contribution in [2.75, 3.05) is 45.3 Å². The fourth-order valence-corrected chi connectivity index (χ4v) is 3.84. The van der Waals surface area contributed by atoms with Gasteiger partial charge in [0.2, 0.25) is 5.95 Å². The van der Waals surface area contributed by atoms with Crippen LogP contribution in [0.3, 0.4) is 0 Å². The summed E-state index contributed by atoms with van der Waals surface area (Å²) in [6.07, 6.45) is 1.74. The van der Waals surface area contributed by atoms with Gasteiger partial charge in [-0.25, -0.2) is 9.97 Å². The van der Waals surface area contributed by atoms with Crippen molar-refractivity contribution in [1.82, 2.24) is 19.9 Å². The molecule has 1 atom stereocenters. The number of aromatic nitrogens is 3. The predicted molar refractivity (Wildman–Crippen MR) is 127 cm³/mol. The Morgan fingerprint density at radius 1 is 1.09 bits per heavy atom. The van der Waals surface area contributed by atoms with Crippen LogP contribution in [0.4, 0.5) is 11.6 Å². The van der Waals surface area contributed by atoms with Crippen LogP contribution in [0.25, 0.3) is 0 Å². The van der Waals surface area contributed by atoms with Crippen molar-refractivity contribution < 1.29 is 14.2 Å². The van der Waals surface area contributed by atoms with Gasteiger partial charge in [0, 0.05) is 38.1 Å². The summed E-state index contributed by atoms with van der Waals surface area (Å²) in [5, 5.41) is 3.22. The SMILES string of the molecule is COCCOc1cccc(CN2CCO[C@@H](c3ccc(Nc4nc(C)cc(C)n4)cn3)C2)c1. The van der Waals surface area contributed by atoms with Gasteiger partial charge in [-0.3, -0.25) is 9.88 Å². The Labute approximate surface area is 194 Å². The molecule has 1 aliphatic heterocycles. The van der Waals surface area contributed by atoms with E-state index in [-0.39, 0.29) is 6.10 Å². The lowest BCUT2D eigenvalue weighted by atomic mass is 10.1. The fraction of sp³-hybridized carbons (Fsp3) is 0.400. The van der Waals surface area contributed by atoms with Crippen molar-refractivity contribution in [2.24, 2.45) is 0 Å². The van der Waals surface area contributed by atoms with Crippen molar-refractivity contribution in [3.63, 3.8) is 0 Å². The molecule has 0 spiro atoms. The van der Waals surface area contributed by atoms with E-state index in [2.05, 4.69) is 37.3 Å². The Balaban J connectivity index is 1.35. The van der Waals surface area contributed by atoms with E-state index in [1.165, 1.54) is 5.56 Å². The summed E-state index contributed by atoms with van der Waals surface area (Å²) in [6, 6.07) is 14.2. The maximum absolute atomic E-state index is 6.02. The summed E-state index contributed by atoms with van der Waals surface area (Å²) < 4.78 is 16.8. The molecule has 0 radical (unpaired) electrons. The van der Waals surface area contributed by atoms with Crippen molar-refractivity contribution in [3.8, 4) is 5.75 Å². The number of benzene rings is 1. The molecular formula is C25H31N5O3. The van der Waals surface area contributed by atoms with E-state index in [9.17, 15) is 0 Å². The number of nitrogens with zero attached hydrogens (tertiary/aromatic N) is 4. The summed E-state index contributed by atoms with van der Waals surface area (Å²) in [5.41, 5.74) is 4.84. The van der Waals surface area contributed by atoms with Crippen LogP contribution in [0.1, 0.15) is 28.7 Å². The monoisotopic (exact) mass is 449 g/mol. The minimum atomic E-state index is -0.0635. The molecule has 1 N–H and O–H groups in total. The summed E-state index contributed by atoms with van der Waals surface area (Å²) >= 11 is 0. The number of aryl methyl sites for hydroxylation is 2. The van der Waals surface area contributed by atoms with Gasteiger partial charge in [-0.2, -0.15) is 0 Å². The summed E-state index contributed by atoms with van der Waals surface area (Å²) in [7, 11) is 1.67. The zero-order valence-corrected chi connectivity index (χ0v) is 19.5. The molecule has 3 aromatic rings. The van der Waals surface area contributed by atoms with Crippen LogP contribution in [-0.2, 0) is 16.0 Å². The molecule has 0 saturated carbocycles. The summed E-state index contributed by atoms with van der Waals surface area (Å²) in [6.45, 7) is 8.22. The number of rotatable bonds is 9. The molecule has 1 aromatic carbocycles. The molecule has 8 nitrogen and oxygen atoms in total. The van der Waals surface area contributed by atoms with Crippen LogP contribution >= 0.6 is 0 Å². The number of hydrogen-bond acceptors (Lipinski definition) is 8. The van der Waals surface area contributed by atoms with Gasteiger partial charge in [-0.1, -0.05) is 12.1 Å². The highest BCUT2D eigenvalue weighted by Crippen LogP contribution is 2.24. The van der Waals surface area contributed by atoms with Crippen LogP contribution in [0.2, 0.25) is 0 Å². The molecule has 1 aliphatic rings. The minimum Gasteiger partial charge on any atom is -0.491 e. The number of ether oxygens (including phenoxy) is 3.